The topological polar surface area (TPSA) is 109 Å². The molecule has 0 atom stereocenters. The maximum absolute atomic E-state index is 6.04. The first kappa shape index (κ1) is 31.4. The van der Waals surface area contributed by atoms with Crippen LogP contribution in [0.5, 0.6) is 0 Å². The average molecular weight is 589 g/mol. The van der Waals surface area contributed by atoms with Gasteiger partial charge in [-0.1, -0.05) is 10.2 Å². The fraction of sp³-hybridized carbons (Fsp3) is 0.467. The summed E-state index contributed by atoms with van der Waals surface area (Å²) in [7, 11) is 3.74. The first-order valence-corrected chi connectivity index (χ1v) is 14.9. The Morgan fingerprint density at radius 3 is 1.70 bits per heavy atom. The lowest BCUT2D eigenvalue weighted by Crippen LogP contribution is -2.30. The van der Waals surface area contributed by atoms with Gasteiger partial charge in [-0.15, -0.1) is 9.36 Å². The minimum atomic E-state index is 0.648. The molecule has 2 heterocycles. The molecule has 0 saturated heterocycles. The summed E-state index contributed by atoms with van der Waals surface area (Å²) < 4.78 is 13.4. The molecule has 0 aliphatic carbocycles. The summed E-state index contributed by atoms with van der Waals surface area (Å²) in [5, 5.41) is 26.1. The molecule has 0 aliphatic heterocycles. The Balaban J connectivity index is 1.23. The van der Waals surface area contributed by atoms with E-state index >= 15 is 0 Å². The first-order chi connectivity index (χ1) is 21.0. The molecule has 0 saturated carbocycles. The van der Waals surface area contributed by atoms with Gasteiger partial charge in [0.15, 0.2) is 0 Å². The molecule has 2 aromatic heterocycles. The van der Waals surface area contributed by atoms with Crippen LogP contribution in [0.4, 0.5) is 34.6 Å². The summed E-state index contributed by atoms with van der Waals surface area (Å²) in [4.78, 5) is 4.59. The van der Waals surface area contributed by atoms with Crippen LogP contribution < -0.4 is 18.9 Å². The van der Waals surface area contributed by atoms with Crippen molar-refractivity contribution in [3.8, 4) is 0 Å². The van der Waals surface area contributed by atoms with Crippen molar-refractivity contribution in [2.24, 2.45) is 34.6 Å². The largest absolute Gasteiger partial charge is 0.403 e. The molecule has 4 aromatic rings. The van der Waals surface area contributed by atoms with Gasteiger partial charge in [0.2, 0.25) is 12.7 Å². The van der Waals surface area contributed by atoms with Crippen molar-refractivity contribution in [2.75, 3.05) is 49.2 Å². The predicted octanol–water partition coefficient (Wildman–Crippen LogP) is 4.97. The summed E-state index contributed by atoms with van der Waals surface area (Å²) >= 11 is 0. The molecule has 0 bridgehead atoms. The molecule has 0 N–H and O–H groups in total. The van der Waals surface area contributed by atoms with Crippen LogP contribution in [0.15, 0.2) is 81.6 Å². The van der Waals surface area contributed by atoms with Crippen LogP contribution in [0.3, 0.4) is 0 Å². The Labute approximate surface area is 253 Å². The van der Waals surface area contributed by atoms with E-state index in [1.165, 1.54) is 0 Å². The van der Waals surface area contributed by atoms with Crippen LogP contribution in [0.2, 0.25) is 0 Å². The van der Waals surface area contributed by atoms with Crippen molar-refractivity contribution in [1.29, 1.82) is 0 Å². The van der Waals surface area contributed by atoms with Gasteiger partial charge < -0.3 is 14.5 Å². The molecule has 0 amide bonds. The number of aryl methyl sites for hydroxylation is 4. The van der Waals surface area contributed by atoms with Crippen molar-refractivity contribution < 1.29 is 13.9 Å². The molecule has 0 radical (unpaired) electrons. The number of benzene rings is 2. The van der Waals surface area contributed by atoms with Gasteiger partial charge in [-0.3, -0.25) is 0 Å². The summed E-state index contributed by atoms with van der Waals surface area (Å²) in [6, 6.07) is 16.3. The normalized spacial score (nSPS) is 11.7. The number of anilines is 2. The monoisotopic (exact) mass is 588 g/mol. The minimum Gasteiger partial charge on any atom is -0.378 e. The van der Waals surface area contributed by atoms with Crippen LogP contribution in [0, 0.1) is 0 Å². The van der Waals surface area contributed by atoms with E-state index in [4.69, 9.17) is 4.74 Å². The lowest BCUT2D eigenvalue weighted by molar-refractivity contribution is -0.681. The Morgan fingerprint density at radius 1 is 0.721 bits per heavy atom. The van der Waals surface area contributed by atoms with E-state index in [-0.39, 0.29) is 0 Å². The highest BCUT2D eigenvalue weighted by Gasteiger charge is 2.16. The zero-order valence-corrected chi connectivity index (χ0v) is 26.2. The highest BCUT2D eigenvalue weighted by Crippen LogP contribution is 2.23. The smallest absolute Gasteiger partial charge is 0.378 e. The second kappa shape index (κ2) is 15.6. The van der Waals surface area contributed by atoms with Crippen LogP contribution in [-0.4, -0.2) is 59.0 Å². The van der Waals surface area contributed by atoms with E-state index in [9.17, 15) is 0 Å². The fourth-order valence-electron chi connectivity index (χ4n) is 4.61. The molecular weight excluding hydrogens is 544 g/mol. The van der Waals surface area contributed by atoms with Gasteiger partial charge in [0.25, 0.3) is 0 Å². The lowest BCUT2D eigenvalue weighted by atomic mass is 10.2. The van der Waals surface area contributed by atoms with Crippen LogP contribution in [-0.2, 0) is 31.9 Å². The molecule has 228 valence electrons. The number of rotatable bonds is 16. The molecular formula is C30H44N12O+2. The molecule has 13 nitrogen and oxygen atoms in total. The summed E-state index contributed by atoms with van der Waals surface area (Å²) in [5.74, 6) is 1.43. The summed E-state index contributed by atoms with van der Waals surface area (Å²) in [5.41, 5.74) is 3.87. The first-order valence-electron chi connectivity index (χ1n) is 14.9. The van der Waals surface area contributed by atoms with Gasteiger partial charge in [-0.05, 0) is 86.4 Å². The van der Waals surface area contributed by atoms with E-state index in [1.807, 2.05) is 59.1 Å². The number of hydrogen-bond donors (Lipinski definition) is 0. The third-order valence-electron chi connectivity index (χ3n) is 7.18. The van der Waals surface area contributed by atoms with Crippen molar-refractivity contribution in [3.05, 3.63) is 61.2 Å². The highest BCUT2D eigenvalue weighted by molar-refractivity contribution is 5.53. The minimum absolute atomic E-state index is 0.648. The zero-order chi connectivity index (χ0) is 30.6. The second-order valence-electron chi connectivity index (χ2n) is 9.90. The Hall–Kier alpha value is -4.52. The van der Waals surface area contributed by atoms with Gasteiger partial charge in [0, 0.05) is 47.8 Å². The van der Waals surface area contributed by atoms with Gasteiger partial charge >= 0.3 is 11.9 Å². The molecule has 4 rings (SSSR count). The summed E-state index contributed by atoms with van der Waals surface area (Å²) in [6.07, 6.45) is 3.50. The highest BCUT2D eigenvalue weighted by atomic mass is 16.5. The van der Waals surface area contributed by atoms with Gasteiger partial charge in [-0.2, -0.15) is 0 Å². The van der Waals surface area contributed by atoms with E-state index in [0.29, 0.717) is 19.2 Å². The van der Waals surface area contributed by atoms with Crippen molar-refractivity contribution in [3.63, 3.8) is 0 Å². The SMILES string of the molecule is CCN(CCOCCN(CC)c1ccc(N=Nc2n(CC)nc[n+]2CC)cc1)c1ccc(N=Nc2n(C)nc[n+]2C)cc1. The fourth-order valence-corrected chi connectivity index (χ4v) is 4.61. The van der Waals surface area contributed by atoms with Gasteiger partial charge in [0.1, 0.15) is 0 Å². The molecule has 0 unspecified atom stereocenters. The molecule has 0 spiro atoms. The Kier molecular flexibility index (Phi) is 11.4. The number of hydrogen-bond acceptors (Lipinski definition) is 9. The quantitative estimate of drug-likeness (QED) is 0.104. The number of nitrogens with zero attached hydrogens (tertiary/aromatic N) is 12. The third kappa shape index (κ3) is 8.28. The maximum atomic E-state index is 6.04. The van der Waals surface area contributed by atoms with Crippen LogP contribution >= 0.6 is 0 Å². The van der Waals surface area contributed by atoms with Crippen molar-refractivity contribution in [2.45, 2.75) is 40.8 Å². The number of aromatic nitrogens is 6. The van der Waals surface area contributed by atoms with Crippen molar-refractivity contribution in [1.82, 2.24) is 19.6 Å². The molecule has 13 heteroatoms. The Morgan fingerprint density at radius 2 is 1.26 bits per heavy atom. The van der Waals surface area contributed by atoms with Gasteiger partial charge in [0.05, 0.1) is 51.8 Å². The van der Waals surface area contributed by atoms with E-state index in [1.54, 1.807) is 17.3 Å². The molecule has 0 fully saturated rings. The molecule has 0 aliphatic rings. The van der Waals surface area contributed by atoms with Crippen molar-refractivity contribution >= 4 is 34.6 Å². The third-order valence-corrected chi connectivity index (χ3v) is 7.18. The van der Waals surface area contributed by atoms with E-state index in [0.717, 1.165) is 68.0 Å². The van der Waals surface area contributed by atoms with Crippen LogP contribution in [0.1, 0.15) is 27.7 Å². The average Bonchev–Trinajstić information content (AvgIpc) is 3.60. The lowest BCUT2D eigenvalue weighted by Gasteiger charge is -2.25. The standard InChI is InChI=1S/C30H44N12O/c1-7-39(27-15-11-25(12-16-27)33-35-29-37(5)23-31-38(29)6)19-21-43-22-20-40(8-2)28-17-13-26(14-18-28)34-36-30-41(9-3)24-32-42(30)10-4/h11-18,23-24H,7-10,19-22H2,1-6H3/q+2. The molecule has 2 aromatic carbocycles. The van der Waals surface area contributed by atoms with E-state index in [2.05, 4.69) is 85.5 Å². The van der Waals surface area contributed by atoms with Gasteiger partial charge in [-0.25, -0.2) is 9.13 Å². The van der Waals surface area contributed by atoms with E-state index < -0.39 is 0 Å². The zero-order valence-electron chi connectivity index (χ0n) is 26.2. The maximum Gasteiger partial charge on any atom is 0.403 e. The van der Waals surface area contributed by atoms with Crippen LogP contribution in [0.25, 0.3) is 0 Å². The Bertz CT molecular complexity index is 1430. The second-order valence-corrected chi connectivity index (χ2v) is 9.90. The number of likely N-dealkylation sites (N-methyl/N-ethyl adjacent to an activating group) is 2. The molecule has 43 heavy (non-hydrogen) atoms. The number of ether oxygens (including phenoxy) is 1. The predicted molar refractivity (Wildman–Crippen MR) is 166 cm³/mol. The summed E-state index contributed by atoms with van der Waals surface area (Å²) in [6.45, 7) is 14.7. The number of azo groups is 2.